The van der Waals surface area contributed by atoms with Crippen molar-refractivity contribution >= 4 is 5.69 Å². The Hall–Kier alpha value is -1.42. The highest BCUT2D eigenvalue weighted by Gasteiger charge is 2.19. The maximum atomic E-state index is 6.02. The SMILES string of the molecule is NC1CCCC(CNc2ccc3c(c2)OCCO3)C1. The van der Waals surface area contributed by atoms with Crippen molar-refractivity contribution in [1.82, 2.24) is 0 Å². The van der Waals surface area contributed by atoms with Gasteiger partial charge in [0.25, 0.3) is 0 Å². The van der Waals surface area contributed by atoms with Crippen LogP contribution in [-0.2, 0) is 0 Å². The molecule has 4 nitrogen and oxygen atoms in total. The Morgan fingerprint density at radius 1 is 1.16 bits per heavy atom. The normalized spacial score (nSPS) is 25.9. The Morgan fingerprint density at radius 3 is 2.84 bits per heavy atom. The van der Waals surface area contributed by atoms with Crippen LogP contribution in [0.15, 0.2) is 18.2 Å². The molecule has 2 atom stereocenters. The van der Waals surface area contributed by atoms with Crippen LogP contribution in [0.25, 0.3) is 0 Å². The molecule has 1 aromatic carbocycles. The van der Waals surface area contributed by atoms with Gasteiger partial charge < -0.3 is 20.5 Å². The van der Waals surface area contributed by atoms with Gasteiger partial charge in [0, 0.05) is 24.3 Å². The molecular formula is C15H22N2O2. The van der Waals surface area contributed by atoms with Crippen molar-refractivity contribution < 1.29 is 9.47 Å². The summed E-state index contributed by atoms with van der Waals surface area (Å²) in [6, 6.07) is 6.44. The van der Waals surface area contributed by atoms with E-state index >= 15 is 0 Å². The molecule has 1 aliphatic carbocycles. The number of fused-ring (bicyclic) bond motifs is 1. The van der Waals surface area contributed by atoms with E-state index in [1.165, 1.54) is 19.3 Å². The minimum absolute atomic E-state index is 0.390. The number of benzene rings is 1. The van der Waals surface area contributed by atoms with Gasteiger partial charge >= 0.3 is 0 Å². The largest absolute Gasteiger partial charge is 0.486 e. The highest BCUT2D eigenvalue weighted by molar-refractivity contribution is 5.55. The zero-order chi connectivity index (χ0) is 13.1. The van der Waals surface area contributed by atoms with Crippen LogP contribution in [-0.4, -0.2) is 25.8 Å². The number of rotatable bonds is 3. The summed E-state index contributed by atoms with van der Waals surface area (Å²) < 4.78 is 11.1. The van der Waals surface area contributed by atoms with Crippen LogP contribution in [0, 0.1) is 5.92 Å². The molecule has 1 heterocycles. The van der Waals surface area contributed by atoms with E-state index in [4.69, 9.17) is 15.2 Å². The van der Waals surface area contributed by atoms with Gasteiger partial charge in [-0.2, -0.15) is 0 Å². The summed E-state index contributed by atoms with van der Waals surface area (Å²) in [5.41, 5.74) is 7.12. The zero-order valence-electron chi connectivity index (χ0n) is 11.2. The van der Waals surface area contributed by atoms with Crippen molar-refractivity contribution in [3.05, 3.63) is 18.2 Å². The van der Waals surface area contributed by atoms with E-state index in [2.05, 4.69) is 11.4 Å². The summed E-state index contributed by atoms with van der Waals surface area (Å²) >= 11 is 0. The summed E-state index contributed by atoms with van der Waals surface area (Å²) in [4.78, 5) is 0. The number of nitrogens with two attached hydrogens (primary N) is 1. The van der Waals surface area contributed by atoms with Crippen molar-refractivity contribution in [3.63, 3.8) is 0 Å². The Balaban J connectivity index is 1.57. The van der Waals surface area contributed by atoms with E-state index in [1.807, 2.05) is 12.1 Å². The quantitative estimate of drug-likeness (QED) is 0.878. The summed E-state index contributed by atoms with van der Waals surface area (Å²) in [7, 11) is 0. The molecule has 19 heavy (non-hydrogen) atoms. The van der Waals surface area contributed by atoms with Gasteiger partial charge in [-0.25, -0.2) is 0 Å². The van der Waals surface area contributed by atoms with Crippen LogP contribution in [0.4, 0.5) is 5.69 Å². The molecule has 1 aliphatic heterocycles. The highest BCUT2D eigenvalue weighted by Crippen LogP contribution is 2.33. The molecule has 0 radical (unpaired) electrons. The molecule has 3 N–H and O–H groups in total. The monoisotopic (exact) mass is 262 g/mol. The van der Waals surface area contributed by atoms with Crippen molar-refractivity contribution in [2.24, 2.45) is 11.7 Å². The third-order valence-electron chi connectivity index (χ3n) is 3.96. The van der Waals surface area contributed by atoms with E-state index in [1.54, 1.807) is 0 Å². The average Bonchev–Trinajstić information content (AvgIpc) is 2.45. The zero-order valence-corrected chi connectivity index (χ0v) is 11.2. The highest BCUT2D eigenvalue weighted by atomic mass is 16.6. The molecule has 0 bridgehead atoms. The van der Waals surface area contributed by atoms with Crippen molar-refractivity contribution in [1.29, 1.82) is 0 Å². The Bertz CT molecular complexity index is 436. The summed E-state index contributed by atoms with van der Waals surface area (Å²) in [6.45, 7) is 2.26. The van der Waals surface area contributed by atoms with E-state index in [0.29, 0.717) is 25.2 Å². The molecular weight excluding hydrogens is 240 g/mol. The smallest absolute Gasteiger partial charge is 0.163 e. The Labute approximate surface area is 114 Å². The first-order chi connectivity index (χ1) is 9.31. The molecule has 1 aromatic rings. The van der Waals surface area contributed by atoms with Crippen molar-refractivity contribution in [2.45, 2.75) is 31.7 Å². The molecule has 2 unspecified atom stereocenters. The number of hydrogen-bond acceptors (Lipinski definition) is 4. The number of nitrogens with one attached hydrogen (secondary N) is 1. The summed E-state index contributed by atoms with van der Waals surface area (Å²) in [5.74, 6) is 2.38. The second-order valence-corrected chi connectivity index (χ2v) is 5.53. The van der Waals surface area contributed by atoms with Crippen molar-refractivity contribution in [2.75, 3.05) is 25.1 Å². The Morgan fingerprint density at radius 2 is 2.00 bits per heavy atom. The van der Waals surface area contributed by atoms with E-state index < -0.39 is 0 Å². The minimum atomic E-state index is 0.390. The van der Waals surface area contributed by atoms with Crippen LogP contribution < -0.4 is 20.5 Å². The fourth-order valence-electron chi connectivity index (χ4n) is 2.93. The van der Waals surface area contributed by atoms with Crippen LogP contribution >= 0.6 is 0 Å². The fraction of sp³-hybridized carbons (Fsp3) is 0.600. The molecule has 4 heteroatoms. The van der Waals surface area contributed by atoms with Gasteiger partial charge in [-0.1, -0.05) is 6.42 Å². The van der Waals surface area contributed by atoms with E-state index in [-0.39, 0.29) is 0 Å². The fourth-order valence-corrected chi connectivity index (χ4v) is 2.93. The molecule has 0 spiro atoms. The number of hydrogen-bond donors (Lipinski definition) is 2. The van der Waals surface area contributed by atoms with Gasteiger partial charge in [0.05, 0.1) is 0 Å². The molecule has 1 fully saturated rings. The van der Waals surface area contributed by atoms with Crippen LogP contribution in [0.1, 0.15) is 25.7 Å². The van der Waals surface area contributed by atoms with Gasteiger partial charge in [0.2, 0.25) is 0 Å². The topological polar surface area (TPSA) is 56.5 Å². The van der Waals surface area contributed by atoms with E-state index in [9.17, 15) is 0 Å². The first kappa shape index (κ1) is 12.6. The molecule has 0 aromatic heterocycles. The predicted molar refractivity (Wildman–Crippen MR) is 75.9 cm³/mol. The maximum absolute atomic E-state index is 6.02. The lowest BCUT2D eigenvalue weighted by atomic mass is 9.86. The first-order valence-corrected chi connectivity index (χ1v) is 7.20. The second kappa shape index (κ2) is 5.70. The van der Waals surface area contributed by atoms with Gasteiger partial charge in [-0.05, 0) is 37.3 Å². The lowest BCUT2D eigenvalue weighted by molar-refractivity contribution is 0.171. The van der Waals surface area contributed by atoms with Crippen LogP contribution in [0.2, 0.25) is 0 Å². The summed E-state index contributed by atoms with van der Waals surface area (Å²) in [5, 5.41) is 3.49. The Kier molecular flexibility index (Phi) is 3.78. The predicted octanol–water partition coefficient (Wildman–Crippen LogP) is 2.39. The molecule has 0 amide bonds. The van der Waals surface area contributed by atoms with E-state index in [0.717, 1.165) is 30.2 Å². The lowest BCUT2D eigenvalue weighted by Crippen LogP contribution is -2.30. The minimum Gasteiger partial charge on any atom is -0.486 e. The van der Waals surface area contributed by atoms with Gasteiger partial charge in [0.15, 0.2) is 11.5 Å². The van der Waals surface area contributed by atoms with Crippen LogP contribution in [0.5, 0.6) is 11.5 Å². The lowest BCUT2D eigenvalue weighted by Gasteiger charge is -2.27. The summed E-state index contributed by atoms with van der Waals surface area (Å²) in [6.07, 6.45) is 4.86. The molecule has 1 saturated carbocycles. The third kappa shape index (κ3) is 3.13. The maximum Gasteiger partial charge on any atom is 0.163 e. The molecule has 0 saturated heterocycles. The average molecular weight is 262 g/mol. The third-order valence-corrected chi connectivity index (χ3v) is 3.96. The van der Waals surface area contributed by atoms with Gasteiger partial charge in [-0.15, -0.1) is 0 Å². The number of anilines is 1. The molecule has 2 aliphatic rings. The van der Waals surface area contributed by atoms with Crippen molar-refractivity contribution in [3.8, 4) is 11.5 Å². The van der Waals surface area contributed by atoms with Gasteiger partial charge in [0.1, 0.15) is 13.2 Å². The molecule has 104 valence electrons. The molecule has 3 rings (SSSR count). The number of ether oxygens (including phenoxy) is 2. The van der Waals surface area contributed by atoms with Crippen LogP contribution in [0.3, 0.4) is 0 Å². The standard InChI is InChI=1S/C15H22N2O2/c16-12-3-1-2-11(8-12)10-17-13-4-5-14-15(9-13)19-7-6-18-14/h4-5,9,11-12,17H,1-3,6-8,10,16H2. The second-order valence-electron chi connectivity index (χ2n) is 5.53. The first-order valence-electron chi connectivity index (χ1n) is 7.20. The van der Waals surface area contributed by atoms with Gasteiger partial charge in [-0.3, -0.25) is 0 Å².